The Bertz CT molecular complexity index is 318. The highest BCUT2D eigenvalue weighted by Crippen LogP contribution is 2.11. The Morgan fingerprint density at radius 1 is 1.28 bits per heavy atom. The lowest BCUT2D eigenvalue weighted by Gasteiger charge is -2.22. The number of phenols is 1. The van der Waals surface area contributed by atoms with E-state index in [2.05, 4.69) is 19.2 Å². The molecule has 0 spiro atoms. The first-order valence-electron chi connectivity index (χ1n) is 6.68. The van der Waals surface area contributed by atoms with E-state index in [9.17, 15) is 5.11 Å². The lowest BCUT2D eigenvalue weighted by Crippen LogP contribution is -2.40. The number of phenolic OH excluding ortho intramolecular Hbond substituents is 1. The van der Waals surface area contributed by atoms with Gasteiger partial charge in [0, 0.05) is 19.2 Å². The third-order valence-corrected chi connectivity index (χ3v) is 3.00. The molecule has 0 aromatic heterocycles. The second-order valence-electron chi connectivity index (χ2n) is 4.88. The average molecular weight is 251 g/mol. The molecule has 1 aromatic carbocycles. The molecular formula is C15H25NO2. The Balaban J connectivity index is 2.43. The molecule has 102 valence electrons. The Morgan fingerprint density at radius 3 is 2.50 bits per heavy atom. The number of nitrogens with one attached hydrogen (secondary N) is 1. The summed E-state index contributed by atoms with van der Waals surface area (Å²) in [5, 5.41) is 12.8. The van der Waals surface area contributed by atoms with E-state index in [-0.39, 0.29) is 0 Å². The highest BCUT2D eigenvalue weighted by Gasteiger charge is 2.11. The molecule has 3 heteroatoms. The maximum Gasteiger partial charge on any atom is 0.115 e. The molecule has 0 amide bonds. The second-order valence-corrected chi connectivity index (χ2v) is 4.88. The fourth-order valence-electron chi connectivity index (χ4n) is 2.21. The maximum atomic E-state index is 9.24. The first kappa shape index (κ1) is 15.0. The first-order chi connectivity index (χ1) is 8.65. The van der Waals surface area contributed by atoms with Crippen molar-refractivity contribution in [3.05, 3.63) is 29.8 Å². The minimum atomic E-state index is 0.322. The number of rotatable bonds is 8. The number of benzene rings is 1. The molecule has 18 heavy (non-hydrogen) atoms. The Labute approximate surface area is 110 Å². The van der Waals surface area contributed by atoms with Crippen molar-refractivity contribution in [3.63, 3.8) is 0 Å². The summed E-state index contributed by atoms with van der Waals surface area (Å²) in [6, 6.07) is 8.24. The van der Waals surface area contributed by atoms with E-state index in [4.69, 9.17) is 4.74 Å². The third kappa shape index (κ3) is 5.52. The van der Waals surface area contributed by atoms with Crippen LogP contribution in [-0.2, 0) is 11.2 Å². The van der Waals surface area contributed by atoms with Crippen molar-refractivity contribution in [1.29, 1.82) is 0 Å². The van der Waals surface area contributed by atoms with Crippen molar-refractivity contribution >= 4 is 0 Å². The summed E-state index contributed by atoms with van der Waals surface area (Å²) >= 11 is 0. The number of hydrogen-bond acceptors (Lipinski definition) is 3. The van der Waals surface area contributed by atoms with Gasteiger partial charge in [-0.1, -0.05) is 25.5 Å². The molecule has 2 N–H and O–H groups in total. The molecule has 2 unspecified atom stereocenters. The topological polar surface area (TPSA) is 41.5 Å². The van der Waals surface area contributed by atoms with Crippen LogP contribution in [0.25, 0.3) is 0 Å². The van der Waals surface area contributed by atoms with Gasteiger partial charge < -0.3 is 15.2 Å². The van der Waals surface area contributed by atoms with Crippen LogP contribution in [0.4, 0.5) is 0 Å². The molecule has 0 fully saturated rings. The summed E-state index contributed by atoms with van der Waals surface area (Å²) in [5.41, 5.74) is 1.24. The zero-order valence-corrected chi connectivity index (χ0v) is 11.6. The second kappa shape index (κ2) is 8.11. The number of aromatic hydroxyl groups is 1. The van der Waals surface area contributed by atoms with Crippen molar-refractivity contribution in [3.8, 4) is 5.75 Å². The first-order valence-corrected chi connectivity index (χ1v) is 6.68. The van der Waals surface area contributed by atoms with E-state index in [1.54, 1.807) is 19.2 Å². The summed E-state index contributed by atoms with van der Waals surface area (Å²) in [6.45, 7) is 5.13. The van der Waals surface area contributed by atoms with Crippen LogP contribution in [0.5, 0.6) is 5.75 Å². The molecule has 0 saturated heterocycles. The Hall–Kier alpha value is -1.06. The van der Waals surface area contributed by atoms with E-state index in [1.807, 2.05) is 12.1 Å². The SMILES string of the molecule is CCCC(COC)NC(C)Cc1ccc(O)cc1. The van der Waals surface area contributed by atoms with Crippen molar-refractivity contribution in [2.24, 2.45) is 0 Å². The summed E-state index contributed by atoms with van der Waals surface area (Å²) < 4.78 is 5.23. The zero-order valence-electron chi connectivity index (χ0n) is 11.6. The quantitative estimate of drug-likeness (QED) is 0.746. The van der Waals surface area contributed by atoms with Gasteiger partial charge >= 0.3 is 0 Å². The van der Waals surface area contributed by atoms with Gasteiger partial charge in [0.15, 0.2) is 0 Å². The Morgan fingerprint density at radius 2 is 1.94 bits per heavy atom. The van der Waals surface area contributed by atoms with Crippen LogP contribution in [0.15, 0.2) is 24.3 Å². The highest BCUT2D eigenvalue weighted by molar-refractivity contribution is 5.26. The van der Waals surface area contributed by atoms with Crippen molar-refractivity contribution in [1.82, 2.24) is 5.32 Å². The van der Waals surface area contributed by atoms with Gasteiger partial charge in [-0.15, -0.1) is 0 Å². The molecule has 1 rings (SSSR count). The number of methoxy groups -OCH3 is 1. The third-order valence-electron chi connectivity index (χ3n) is 3.00. The van der Waals surface area contributed by atoms with Crippen LogP contribution in [0, 0.1) is 0 Å². The van der Waals surface area contributed by atoms with Gasteiger partial charge in [0.05, 0.1) is 6.61 Å². The fraction of sp³-hybridized carbons (Fsp3) is 0.600. The number of hydrogen-bond donors (Lipinski definition) is 2. The van der Waals surface area contributed by atoms with Crippen LogP contribution in [-0.4, -0.2) is 30.9 Å². The van der Waals surface area contributed by atoms with E-state index >= 15 is 0 Å². The fourth-order valence-corrected chi connectivity index (χ4v) is 2.21. The summed E-state index contributed by atoms with van der Waals surface area (Å²) in [6.07, 6.45) is 3.25. The molecule has 3 nitrogen and oxygen atoms in total. The molecule has 0 aliphatic rings. The maximum absolute atomic E-state index is 9.24. The van der Waals surface area contributed by atoms with Crippen molar-refractivity contribution in [2.75, 3.05) is 13.7 Å². The standard InChI is InChI=1S/C15H25NO2/c1-4-5-14(11-18-3)16-12(2)10-13-6-8-15(17)9-7-13/h6-9,12,14,16-17H,4-5,10-11H2,1-3H3. The predicted molar refractivity (Wildman–Crippen MR) is 75.0 cm³/mol. The molecule has 0 saturated carbocycles. The minimum absolute atomic E-state index is 0.322. The summed E-state index contributed by atoms with van der Waals surface area (Å²) in [5.74, 6) is 0.322. The van der Waals surface area contributed by atoms with Gasteiger partial charge in [-0.3, -0.25) is 0 Å². The van der Waals surface area contributed by atoms with Gasteiger partial charge in [0.25, 0.3) is 0 Å². The molecule has 2 atom stereocenters. The molecule has 0 aliphatic heterocycles. The average Bonchev–Trinajstić information content (AvgIpc) is 2.33. The Kier molecular flexibility index (Phi) is 6.76. The van der Waals surface area contributed by atoms with Crippen molar-refractivity contribution in [2.45, 2.75) is 45.2 Å². The number of ether oxygens (including phenoxy) is 1. The van der Waals surface area contributed by atoms with E-state index in [1.165, 1.54) is 5.56 Å². The molecule has 0 radical (unpaired) electrons. The van der Waals surface area contributed by atoms with Crippen LogP contribution >= 0.6 is 0 Å². The van der Waals surface area contributed by atoms with Gasteiger partial charge in [-0.25, -0.2) is 0 Å². The van der Waals surface area contributed by atoms with Gasteiger partial charge in [0.1, 0.15) is 5.75 Å². The zero-order chi connectivity index (χ0) is 13.4. The predicted octanol–water partition coefficient (Wildman–Crippen LogP) is 2.73. The van der Waals surface area contributed by atoms with Crippen molar-refractivity contribution < 1.29 is 9.84 Å². The van der Waals surface area contributed by atoms with Gasteiger partial charge in [-0.05, 0) is 37.5 Å². The van der Waals surface area contributed by atoms with E-state index in [0.717, 1.165) is 25.9 Å². The van der Waals surface area contributed by atoms with Gasteiger partial charge in [0.2, 0.25) is 0 Å². The molecule has 0 aliphatic carbocycles. The lowest BCUT2D eigenvalue weighted by molar-refractivity contribution is 0.157. The van der Waals surface area contributed by atoms with Crippen LogP contribution in [0.1, 0.15) is 32.3 Å². The monoisotopic (exact) mass is 251 g/mol. The molecule has 0 heterocycles. The molecule has 1 aromatic rings. The highest BCUT2D eigenvalue weighted by atomic mass is 16.5. The van der Waals surface area contributed by atoms with Crippen LogP contribution < -0.4 is 5.32 Å². The largest absolute Gasteiger partial charge is 0.508 e. The van der Waals surface area contributed by atoms with Crippen LogP contribution in [0.3, 0.4) is 0 Å². The van der Waals surface area contributed by atoms with Crippen LogP contribution in [0.2, 0.25) is 0 Å². The van der Waals surface area contributed by atoms with Gasteiger partial charge in [-0.2, -0.15) is 0 Å². The van der Waals surface area contributed by atoms with E-state index < -0.39 is 0 Å². The van der Waals surface area contributed by atoms with E-state index in [0.29, 0.717) is 17.8 Å². The normalized spacial score (nSPS) is 14.4. The smallest absolute Gasteiger partial charge is 0.115 e. The minimum Gasteiger partial charge on any atom is -0.508 e. The molecule has 0 bridgehead atoms. The lowest BCUT2D eigenvalue weighted by atomic mass is 10.1. The summed E-state index contributed by atoms with van der Waals surface area (Å²) in [4.78, 5) is 0. The summed E-state index contributed by atoms with van der Waals surface area (Å²) in [7, 11) is 1.75. The molecular weight excluding hydrogens is 226 g/mol.